The van der Waals surface area contributed by atoms with E-state index in [0.29, 0.717) is 23.8 Å². The summed E-state index contributed by atoms with van der Waals surface area (Å²) < 4.78 is 48.3. The van der Waals surface area contributed by atoms with Crippen LogP contribution in [0.4, 0.5) is 10.1 Å². The Morgan fingerprint density at radius 1 is 0.955 bits per heavy atom. The topological polar surface area (TPSA) is 96.0 Å². The van der Waals surface area contributed by atoms with Gasteiger partial charge in [-0.15, -0.1) is 0 Å². The second-order valence-corrected chi connectivity index (χ2v) is 13.1. The summed E-state index contributed by atoms with van der Waals surface area (Å²) in [7, 11) is -4.29. The van der Waals surface area contributed by atoms with E-state index in [-0.39, 0.29) is 29.1 Å². The molecule has 3 aromatic carbocycles. The van der Waals surface area contributed by atoms with E-state index in [1.54, 1.807) is 24.3 Å². The first-order valence-corrected chi connectivity index (χ1v) is 16.8. The van der Waals surface area contributed by atoms with Gasteiger partial charge in [0.1, 0.15) is 24.2 Å². The third-order valence-electron chi connectivity index (χ3n) is 7.72. The molecule has 4 rings (SSSR count). The Morgan fingerprint density at radius 3 is 2.18 bits per heavy atom. The fraction of sp³-hybridized carbons (Fsp3) is 0.394. The quantitative estimate of drug-likeness (QED) is 0.235. The maximum absolute atomic E-state index is 14.2. The molecule has 0 aliphatic heterocycles. The van der Waals surface area contributed by atoms with E-state index in [0.717, 1.165) is 54.1 Å². The van der Waals surface area contributed by atoms with Crippen LogP contribution in [-0.2, 0) is 26.2 Å². The second-order valence-electron chi connectivity index (χ2n) is 10.8. The molecule has 8 nitrogen and oxygen atoms in total. The number of carbonyl (C=O) groups excluding carboxylic acids is 2. The van der Waals surface area contributed by atoms with Crippen LogP contribution in [0.15, 0.2) is 77.7 Å². The van der Waals surface area contributed by atoms with Gasteiger partial charge < -0.3 is 15.0 Å². The first kappa shape index (κ1) is 33.3. The maximum atomic E-state index is 14.2. The van der Waals surface area contributed by atoms with Crippen molar-refractivity contribution < 1.29 is 27.1 Å². The molecule has 1 fully saturated rings. The summed E-state index contributed by atoms with van der Waals surface area (Å²) in [5, 5.41) is 3.65. The van der Waals surface area contributed by atoms with Crippen LogP contribution in [-0.4, -0.2) is 50.4 Å². The zero-order valence-electron chi connectivity index (χ0n) is 25.0. The number of hydrogen-bond donors (Lipinski definition) is 1. The van der Waals surface area contributed by atoms with Crippen LogP contribution in [0, 0.1) is 5.82 Å². The summed E-state index contributed by atoms with van der Waals surface area (Å²) in [6.45, 7) is 3.51. The SMILES string of the molecule is CCOc1ccc(S(=O)(=O)N(CC(=O)N(Cc2ccc(Cl)cc2)[C@H](CC)C(=O)NC2CCCCC2)c2ccc(F)cc2)cc1. The molecule has 0 saturated heterocycles. The Hall–Kier alpha value is -3.63. The van der Waals surface area contributed by atoms with Gasteiger partial charge in [0.05, 0.1) is 17.2 Å². The standard InChI is InChI=1S/C33H39ClFN3O5S/c1-3-31(33(40)36-27-8-6-5-7-9-27)37(22-24-10-12-25(34)13-11-24)32(39)23-38(28-16-14-26(35)15-17-28)44(41,42)30-20-18-29(19-21-30)43-4-2/h10-21,27,31H,3-9,22-23H2,1-2H3,(H,36,40)/t31-/m1/s1. The van der Waals surface area contributed by atoms with Crippen molar-refractivity contribution in [2.24, 2.45) is 0 Å². The van der Waals surface area contributed by atoms with Gasteiger partial charge in [-0.3, -0.25) is 13.9 Å². The van der Waals surface area contributed by atoms with Crippen molar-refractivity contribution in [2.45, 2.75) is 75.9 Å². The van der Waals surface area contributed by atoms with Crippen LogP contribution in [0.2, 0.25) is 5.02 Å². The summed E-state index contributed by atoms with van der Waals surface area (Å²) in [5.41, 5.74) is 0.842. The molecule has 0 aromatic heterocycles. The predicted octanol–water partition coefficient (Wildman–Crippen LogP) is 6.33. The molecule has 0 bridgehead atoms. The lowest BCUT2D eigenvalue weighted by Crippen LogP contribution is -2.54. The number of halogens is 2. The predicted molar refractivity (Wildman–Crippen MR) is 170 cm³/mol. The van der Waals surface area contributed by atoms with Crippen LogP contribution < -0.4 is 14.4 Å². The van der Waals surface area contributed by atoms with Crippen LogP contribution in [0.3, 0.4) is 0 Å². The third-order valence-corrected chi connectivity index (χ3v) is 9.76. The molecule has 236 valence electrons. The Bertz CT molecular complexity index is 1500. The minimum Gasteiger partial charge on any atom is -0.494 e. The lowest BCUT2D eigenvalue weighted by Gasteiger charge is -2.34. The molecule has 1 N–H and O–H groups in total. The Morgan fingerprint density at radius 2 is 1.59 bits per heavy atom. The minimum absolute atomic E-state index is 0.0357. The number of nitrogens with one attached hydrogen (secondary N) is 1. The van der Waals surface area contributed by atoms with E-state index >= 15 is 0 Å². The molecule has 2 amide bonds. The Balaban J connectivity index is 1.69. The lowest BCUT2D eigenvalue weighted by atomic mass is 9.95. The highest BCUT2D eigenvalue weighted by molar-refractivity contribution is 7.92. The van der Waals surface area contributed by atoms with Crippen molar-refractivity contribution in [2.75, 3.05) is 17.5 Å². The van der Waals surface area contributed by atoms with Gasteiger partial charge in [0.25, 0.3) is 10.0 Å². The summed E-state index contributed by atoms with van der Waals surface area (Å²) in [4.78, 5) is 29.2. The number of benzene rings is 3. The number of rotatable bonds is 13. The van der Waals surface area contributed by atoms with Crippen LogP contribution in [0.25, 0.3) is 0 Å². The maximum Gasteiger partial charge on any atom is 0.264 e. The molecule has 0 unspecified atom stereocenters. The number of carbonyl (C=O) groups is 2. The largest absolute Gasteiger partial charge is 0.494 e. The molecule has 0 spiro atoms. The fourth-order valence-corrected chi connectivity index (χ4v) is 6.93. The number of nitrogens with zero attached hydrogens (tertiary/aromatic N) is 2. The highest BCUT2D eigenvalue weighted by Crippen LogP contribution is 2.27. The van der Waals surface area contributed by atoms with Crippen LogP contribution in [0.5, 0.6) is 5.75 Å². The number of anilines is 1. The molecule has 11 heteroatoms. The Labute approximate surface area is 264 Å². The Kier molecular flexibility index (Phi) is 11.6. The van der Waals surface area contributed by atoms with Gasteiger partial charge in [-0.1, -0.05) is 49.9 Å². The molecule has 1 aliphatic carbocycles. The average Bonchev–Trinajstić information content (AvgIpc) is 3.02. The van der Waals surface area contributed by atoms with Gasteiger partial charge in [0.15, 0.2) is 0 Å². The van der Waals surface area contributed by atoms with E-state index in [1.807, 2.05) is 13.8 Å². The zero-order valence-corrected chi connectivity index (χ0v) is 26.6. The van der Waals surface area contributed by atoms with E-state index in [9.17, 15) is 22.4 Å². The molecule has 1 atom stereocenters. The molecule has 44 heavy (non-hydrogen) atoms. The zero-order chi connectivity index (χ0) is 31.7. The van der Waals surface area contributed by atoms with Crippen molar-refractivity contribution in [3.05, 3.63) is 89.2 Å². The molecule has 0 heterocycles. The monoisotopic (exact) mass is 643 g/mol. The van der Waals surface area contributed by atoms with Gasteiger partial charge in [-0.05, 0) is 92.4 Å². The molecular formula is C33H39ClFN3O5S. The van der Waals surface area contributed by atoms with Crippen molar-refractivity contribution >= 4 is 39.1 Å². The first-order chi connectivity index (χ1) is 21.1. The van der Waals surface area contributed by atoms with Crippen molar-refractivity contribution in [3.8, 4) is 5.75 Å². The van der Waals surface area contributed by atoms with Gasteiger partial charge in [-0.2, -0.15) is 0 Å². The fourth-order valence-electron chi connectivity index (χ4n) is 5.39. The average molecular weight is 644 g/mol. The molecular weight excluding hydrogens is 605 g/mol. The number of amides is 2. The van der Waals surface area contributed by atoms with Crippen molar-refractivity contribution in [1.82, 2.24) is 10.2 Å². The van der Waals surface area contributed by atoms with Gasteiger partial charge in [-0.25, -0.2) is 12.8 Å². The molecule has 1 saturated carbocycles. The third kappa shape index (κ3) is 8.51. The van der Waals surface area contributed by atoms with Crippen LogP contribution in [0.1, 0.15) is 57.9 Å². The van der Waals surface area contributed by atoms with Crippen LogP contribution >= 0.6 is 11.6 Å². The highest BCUT2D eigenvalue weighted by atomic mass is 35.5. The first-order valence-electron chi connectivity index (χ1n) is 15.0. The van der Waals surface area contributed by atoms with Crippen molar-refractivity contribution in [3.63, 3.8) is 0 Å². The summed E-state index contributed by atoms with van der Waals surface area (Å²) in [5.74, 6) is -0.901. The normalized spacial score (nSPS) is 14.5. The molecule has 1 aliphatic rings. The lowest BCUT2D eigenvalue weighted by molar-refractivity contribution is -0.140. The molecule has 0 radical (unpaired) electrons. The summed E-state index contributed by atoms with van der Waals surface area (Å²) in [6, 6.07) is 16.9. The summed E-state index contributed by atoms with van der Waals surface area (Å²) >= 11 is 6.09. The van der Waals surface area contributed by atoms with E-state index in [1.165, 1.54) is 41.3 Å². The summed E-state index contributed by atoms with van der Waals surface area (Å²) in [6.07, 6.45) is 5.28. The highest BCUT2D eigenvalue weighted by Gasteiger charge is 2.34. The van der Waals surface area contributed by atoms with Gasteiger partial charge in [0.2, 0.25) is 11.8 Å². The van der Waals surface area contributed by atoms with Crippen molar-refractivity contribution in [1.29, 1.82) is 0 Å². The van der Waals surface area contributed by atoms with Gasteiger partial charge >= 0.3 is 0 Å². The molecule has 3 aromatic rings. The minimum atomic E-state index is -4.29. The number of sulfonamides is 1. The van der Waals surface area contributed by atoms with E-state index in [2.05, 4.69) is 5.32 Å². The number of ether oxygens (including phenoxy) is 1. The smallest absolute Gasteiger partial charge is 0.264 e. The number of hydrogen-bond acceptors (Lipinski definition) is 5. The second kappa shape index (κ2) is 15.4. The van der Waals surface area contributed by atoms with E-state index < -0.39 is 34.3 Å². The van der Waals surface area contributed by atoms with Gasteiger partial charge in [0, 0.05) is 17.6 Å². The van der Waals surface area contributed by atoms with E-state index in [4.69, 9.17) is 16.3 Å².